The number of nitrogens with one attached hydrogen (secondary N) is 1. The first-order chi connectivity index (χ1) is 10.1. The van der Waals surface area contributed by atoms with Gasteiger partial charge in [-0.2, -0.15) is 0 Å². The highest BCUT2D eigenvalue weighted by Gasteiger charge is 2.23. The molecule has 1 aliphatic rings. The maximum atomic E-state index is 3.76. The van der Waals surface area contributed by atoms with E-state index in [2.05, 4.69) is 70.1 Å². The molecule has 1 aliphatic heterocycles. The molecule has 118 valence electrons. The first kappa shape index (κ1) is 16.8. The zero-order valence-corrected chi connectivity index (χ0v) is 15.3. The summed E-state index contributed by atoms with van der Waals surface area (Å²) in [5.74, 6) is 0. The van der Waals surface area contributed by atoms with Gasteiger partial charge in [0.15, 0.2) is 0 Å². The second-order valence-electron chi connectivity index (χ2n) is 6.00. The highest BCUT2D eigenvalue weighted by Crippen LogP contribution is 2.31. The van der Waals surface area contributed by atoms with Crippen LogP contribution in [0.1, 0.15) is 38.3 Å². The van der Waals surface area contributed by atoms with E-state index in [0.29, 0.717) is 12.1 Å². The monoisotopic (exact) mass is 353 g/mol. The number of nitrogens with zero attached hydrogens (tertiary/aromatic N) is 2. The molecule has 0 bridgehead atoms. The summed E-state index contributed by atoms with van der Waals surface area (Å²) in [7, 11) is 4.23. The van der Waals surface area contributed by atoms with Gasteiger partial charge in [-0.3, -0.25) is 0 Å². The first-order valence-corrected chi connectivity index (χ1v) is 8.78. The van der Waals surface area contributed by atoms with Crippen LogP contribution in [0.25, 0.3) is 0 Å². The van der Waals surface area contributed by atoms with Gasteiger partial charge in [-0.15, -0.1) is 0 Å². The smallest absolute Gasteiger partial charge is 0.0510 e. The molecule has 3 nitrogen and oxygen atoms in total. The summed E-state index contributed by atoms with van der Waals surface area (Å²) >= 11 is 3.76. The lowest BCUT2D eigenvalue weighted by molar-refractivity contribution is 0.221. The lowest BCUT2D eigenvalue weighted by Crippen LogP contribution is -2.43. The molecule has 1 fully saturated rings. The molecular formula is C17H28BrN3. The molecular weight excluding hydrogens is 326 g/mol. The molecule has 1 saturated heterocycles. The molecule has 0 aliphatic carbocycles. The Morgan fingerprint density at radius 2 is 2.05 bits per heavy atom. The Kier molecular flexibility index (Phi) is 6.08. The molecule has 4 heteroatoms. The van der Waals surface area contributed by atoms with Crippen molar-refractivity contribution in [3.8, 4) is 0 Å². The first-order valence-electron chi connectivity index (χ1n) is 7.98. The van der Waals surface area contributed by atoms with E-state index in [4.69, 9.17) is 0 Å². The summed E-state index contributed by atoms with van der Waals surface area (Å²) in [4.78, 5) is 4.99. The number of anilines is 1. The van der Waals surface area contributed by atoms with E-state index in [1.165, 1.54) is 48.2 Å². The molecule has 2 rings (SSSR count). The van der Waals surface area contributed by atoms with Crippen LogP contribution in [0.15, 0.2) is 22.7 Å². The number of rotatable bonds is 5. The van der Waals surface area contributed by atoms with Crippen LogP contribution >= 0.6 is 15.9 Å². The second-order valence-corrected chi connectivity index (χ2v) is 6.85. The minimum Gasteiger partial charge on any atom is -0.371 e. The van der Waals surface area contributed by atoms with E-state index in [9.17, 15) is 0 Å². The largest absolute Gasteiger partial charge is 0.371 e. The zero-order chi connectivity index (χ0) is 15.4. The van der Waals surface area contributed by atoms with Crippen LogP contribution in [0, 0.1) is 0 Å². The van der Waals surface area contributed by atoms with Crippen molar-refractivity contribution in [1.82, 2.24) is 10.2 Å². The Morgan fingerprint density at radius 1 is 1.38 bits per heavy atom. The fraction of sp³-hybridized carbons (Fsp3) is 0.647. The molecule has 1 aromatic rings. The molecule has 1 heterocycles. The standard InChI is InChI=1S/C17H28BrN3/c1-5-21-10-8-15(9-11-21)20(4)17-7-6-14(12-16(17)18)13(2)19-3/h6-7,12-13,15,19H,5,8-11H2,1-4H3. The van der Waals surface area contributed by atoms with E-state index in [1.807, 2.05) is 7.05 Å². The molecule has 1 aromatic carbocycles. The fourth-order valence-corrected chi connectivity index (χ4v) is 3.74. The van der Waals surface area contributed by atoms with E-state index in [-0.39, 0.29) is 0 Å². The van der Waals surface area contributed by atoms with Gasteiger partial charge >= 0.3 is 0 Å². The highest BCUT2D eigenvalue weighted by molar-refractivity contribution is 9.10. The maximum absolute atomic E-state index is 3.76. The molecule has 0 amide bonds. The van der Waals surface area contributed by atoms with Gasteiger partial charge < -0.3 is 15.1 Å². The van der Waals surface area contributed by atoms with E-state index in [0.717, 1.165) is 0 Å². The Bertz CT molecular complexity index is 455. The number of likely N-dealkylation sites (tertiary alicyclic amines) is 1. The van der Waals surface area contributed by atoms with E-state index >= 15 is 0 Å². The van der Waals surface area contributed by atoms with Crippen LogP contribution in [-0.2, 0) is 0 Å². The number of hydrogen-bond acceptors (Lipinski definition) is 3. The SMILES string of the molecule is CCN1CCC(N(C)c2ccc(C(C)NC)cc2Br)CC1. The molecule has 0 aromatic heterocycles. The van der Waals surface area contributed by atoms with Gasteiger partial charge in [-0.25, -0.2) is 0 Å². The fourth-order valence-electron chi connectivity index (χ4n) is 3.06. The number of hydrogen-bond donors (Lipinski definition) is 1. The van der Waals surface area contributed by atoms with Crippen LogP contribution < -0.4 is 10.2 Å². The topological polar surface area (TPSA) is 18.5 Å². The highest BCUT2D eigenvalue weighted by atomic mass is 79.9. The van der Waals surface area contributed by atoms with Crippen LogP contribution in [-0.4, -0.2) is 44.7 Å². The Hall–Kier alpha value is -0.580. The second kappa shape index (κ2) is 7.61. The van der Waals surface area contributed by atoms with Gasteiger partial charge in [0.25, 0.3) is 0 Å². The van der Waals surface area contributed by atoms with Gasteiger partial charge in [-0.1, -0.05) is 13.0 Å². The minimum absolute atomic E-state index is 0.383. The zero-order valence-electron chi connectivity index (χ0n) is 13.7. The molecule has 0 spiro atoms. The van der Waals surface area contributed by atoms with E-state index < -0.39 is 0 Å². The predicted octanol–water partition coefficient (Wildman–Crippen LogP) is 3.65. The van der Waals surface area contributed by atoms with Gasteiger partial charge in [-0.05, 0) is 67.0 Å². The van der Waals surface area contributed by atoms with Crippen molar-refractivity contribution in [3.05, 3.63) is 28.2 Å². The Balaban J connectivity index is 2.07. The Labute approximate surface area is 137 Å². The third-order valence-electron chi connectivity index (χ3n) is 4.84. The van der Waals surface area contributed by atoms with Gasteiger partial charge in [0.05, 0.1) is 5.69 Å². The lowest BCUT2D eigenvalue weighted by Gasteiger charge is -2.38. The van der Waals surface area contributed by atoms with Crippen molar-refractivity contribution < 1.29 is 0 Å². The summed E-state index contributed by atoms with van der Waals surface area (Å²) < 4.78 is 1.20. The quantitative estimate of drug-likeness (QED) is 0.871. The average Bonchev–Trinajstić information content (AvgIpc) is 2.53. The summed E-state index contributed by atoms with van der Waals surface area (Å²) in [6.45, 7) is 8.06. The molecule has 0 radical (unpaired) electrons. The molecule has 1 atom stereocenters. The van der Waals surface area contributed by atoms with Crippen molar-refractivity contribution in [1.29, 1.82) is 0 Å². The van der Waals surface area contributed by atoms with Crippen molar-refractivity contribution in [2.75, 3.05) is 38.6 Å². The predicted molar refractivity (Wildman–Crippen MR) is 95.2 cm³/mol. The van der Waals surface area contributed by atoms with Crippen molar-refractivity contribution >= 4 is 21.6 Å². The lowest BCUT2D eigenvalue weighted by atomic mass is 10.0. The van der Waals surface area contributed by atoms with Crippen LogP contribution in [0.4, 0.5) is 5.69 Å². The molecule has 1 unspecified atom stereocenters. The number of piperidine rings is 1. The van der Waals surface area contributed by atoms with Gasteiger partial charge in [0.2, 0.25) is 0 Å². The number of halogens is 1. The van der Waals surface area contributed by atoms with Crippen molar-refractivity contribution in [2.24, 2.45) is 0 Å². The average molecular weight is 354 g/mol. The van der Waals surface area contributed by atoms with Crippen LogP contribution in [0.2, 0.25) is 0 Å². The maximum Gasteiger partial charge on any atom is 0.0510 e. The normalized spacial score (nSPS) is 18.7. The molecule has 21 heavy (non-hydrogen) atoms. The molecule has 0 saturated carbocycles. The van der Waals surface area contributed by atoms with E-state index in [1.54, 1.807) is 0 Å². The summed E-state index contributed by atoms with van der Waals surface area (Å²) in [6, 6.07) is 7.76. The third kappa shape index (κ3) is 3.99. The number of benzene rings is 1. The minimum atomic E-state index is 0.383. The van der Waals surface area contributed by atoms with Gasteiger partial charge in [0, 0.05) is 36.7 Å². The van der Waals surface area contributed by atoms with Crippen molar-refractivity contribution in [2.45, 2.75) is 38.8 Å². The van der Waals surface area contributed by atoms with Crippen LogP contribution in [0.5, 0.6) is 0 Å². The van der Waals surface area contributed by atoms with Crippen molar-refractivity contribution in [3.63, 3.8) is 0 Å². The van der Waals surface area contributed by atoms with Crippen LogP contribution in [0.3, 0.4) is 0 Å². The summed E-state index contributed by atoms with van der Waals surface area (Å²) in [6.07, 6.45) is 2.51. The molecule has 1 N–H and O–H groups in total. The summed E-state index contributed by atoms with van der Waals surface area (Å²) in [5, 5.41) is 3.29. The Morgan fingerprint density at radius 3 is 2.57 bits per heavy atom. The van der Waals surface area contributed by atoms with Gasteiger partial charge in [0.1, 0.15) is 0 Å². The summed E-state index contributed by atoms with van der Waals surface area (Å²) in [5.41, 5.74) is 2.62. The third-order valence-corrected chi connectivity index (χ3v) is 5.47.